The third-order valence-corrected chi connectivity index (χ3v) is 4.38. The van der Waals surface area contributed by atoms with E-state index in [9.17, 15) is 9.59 Å². The minimum absolute atomic E-state index is 0.183. The molecule has 0 unspecified atom stereocenters. The topological polar surface area (TPSA) is 79.7 Å². The summed E-state index contributed by atoms with van der Waals surface area (Å²) in [6.07, 6.45) is 0. The number of rotatable bonds is 5. The van der Waals surface area contributed by atoms with Crippen molar-refractivity contribution in [1.29, 1.82) is 0 Å². The Labute approximate surface area is 160 Å². The van der Waals surface area contributed by atoms with E-state index >= 15 is 0 Å². The summed E-state index contributed by atoms with van der Waals surface area (Å²) < 4.78 is 16.7. The molecule has 7 nitrogen and oxygen atoms in total. The van der Waals surface area contributed by atoms with Crippen LogP contribution >= 0.6 is 11.6 Å². The van der Waals surface area contributed by atoms with E-state index in [1.807, 2.05) is 12.1 Å². The standard InChI is InChI=1S/C19H17ClN2O5/c1-25-12-6-4-11(5-7-12)10-22-15-9-16(26-2)13(19(24)27-3)8-14(15)21-17(20)18(22)23/h4-9H,10H2,1-3H3. The van der Waals surface area contributed by atoms with E-state index in [4.69, 9.17) is 25.8 Å². The van der Waals surface area contributed by atoms with Crippen LogP contribution in [0.3, 0.4) is 0 Å². The minimum Gasteiger partial charge on any atom is -0.497 e. The third kappa shape index (κ3) is 3.59. The SMILES string of the molecule is COC(=O)c1cc2nc(Cl)c(=O)n(Cc3ccc(OC)cc3)c2cc1OC. The molecule has 0 spiro atoms. The highest BCUT2D eigenvalue weighted by molar-refractivity contribution is 6.29. The summed E-state index contributed by atoms with van der Waals surface area (Å²) in [4.78, 5) is 28.7. The van der Waals surface area contributed by atoms with Gasteiger partial charge in [0, 0.05) is 6.07 Å². The average molecular weight is 389 g/mol. The molecule has 1 heterocycles. The van der Waals surface area contributed by atoms with Gasteiger partial charge < -0.3 is 14.2 Å². The molecular weight excluding hydrogens is 372 g/mol. The summed E-state index contributed by atoms with van der Waals surface area (Å²) in [5.41, 5.74) is 1.51. The van der Waals surface area contributed by atoms with Crippen LogP contribution in [0.1, 0.15) is 15.9 Å². The van der Waals surface area contributed by atoms with Crippen molar-refractivity contribution in [3.63, 3.8) is 0 Å². The largest absolute Gasteiger partial charge is 0.497 e. The predicted molar refractivity (Wildman–Crippen MR) is 101 cm³/mol. The number of benzene rings is 2. The van der Waals surface area contributed by atoms with Gasteiger partial charge in [-0.1, -0.05) is 23.7 Å². The number of ether oxygens (including phenoxy) is 3. The predicted octanol–water partition coefficient (Wildman–Crippen LogP) is 2.90. The highest BCUT2D eigenvalue weighted by Crippen LogP contribution is 2.26. The number of carbonyl (C=O) groups is 1. The fourth-order valence-corrected chi connectivity index (χ4v) is 2.94. The highest BCUT2D eigenvalue weighted by Gasteiger charge is 2.18. The molecule has 0 fully saturated rings. The Kier molecular flexibility index (Phi) is 5.32. The lowest BCUT2D eigenvalue weighted by molar-refractivity contribution is 0.0597. The van der Waals surface area contributed by atoms with Crippen molar-refractivity contribution >= 4 is 28.6 Å². The van der Waals surface area contributed by atoms with Crippen LogP contribution in [0.15, 0.2) is 41.2 Å². The van der Waals surface area contributed by atoms with Gasteiger partial charge in [-0.3, -0.25) is 9.36 Å². The van der Waals surface area contributed by atoms with Gasteiger partial charge in [-0.2, -0.15) is 0 Å². The van der Waals surface area contributed by atoms with E-state index in [1.54, 1.807) is 25.3 Å². The number of hydrogen-bond acceptors (Lipinski definition) is 6. The Bertz CT molecular complexity index is 1060. The summed E-state index contributed by atoms with van der Waals surface area (Å²) in [7, 11) is 4.29. The molecule has 8 heteroatoms. The molecule has 3 rings (SSSR count). The van der Waals surface area contributed by atoms with Gasteiger partial charge in [0.15, 0.2) is 5.15 Å². The highest BCUT2D eigenvalue weighted by atomic mass is 35.5. The molecule has 0 aliphatic heterocycles. The Hall–Kier alpha value is -3.06. The number of nitrogens with zero attached hydrogens (tertiary/aromatic N) is 2. The molecule has 0 amide bonds. The van der Waals surface area contributed by atoms with Gasteiger partial charge >= 0.3 is 5.97 Å². The van der Waals surface area contributed by atoms with Gasteiger partial charge in [0.05, 0.1) is 38.9 Å². The van der Waals surface area contributed by atoms with Crippen LogP contribution in [0.4, 0.5) is 0 Å². The van der Waals surface area contributed by atoms with Crippen LogP contribution in [0.5, 0.6) is 11.5 Å². The molecule has 0 saturated carbocycles. The summed E-state index contributed by atoms with van der Waals surface area (Å²) in [6.45, 7) is 0.266. The molecule has 0 aliphatic rings. The zero-order valence-electron chi connectivity index (χ0n) is 15.0. The lowest BCUT2D eigenvalue weighted by Crippen LogP contribution is -2.23. The summed E-state index contributed by atoms with van der Waals surface area (Å²) in [5, 5.41) is -0.183. The van der Waals surface area contributed by atoms with E-state index in [0.29, 0.717) is 16.8 Å². The fourth-order valence-electron chi connectivity index (χ4n) is 2.75. The maximum absolute atomic E-state index is 12.6. The minimum atomic E-state index is -0.570. The molecule has 2 aromatic carbocycles. The molecular formula is C19H17ClN2O5. The Morgan fingerprint density at radius 1 is 1.11 bits per heavy atom. The second kappa shape index (κ2) is 7.67. The van der Waals surface area contributed by atoms with Gasteiger partial charge in [0.25, 0.3) is 5.56 Å². The molecule has 0 saturated heterocycles. The molecule has 1 aromatic heterocycles. The van der Waals surface area contributed by atoms with Gasteiger partial charge in [-0.05, 0) is 23.8 Å². The van der Waals surface area contributed by atoms with Gasteiger partial charge in [0.1, 0.15) is 17.1 Å². The number of carbonyl (C=O) groups excluding carboxylic acids is 1. The first-order valence-corrected chi connectivity index (χ1v) is 8.35. The maximum atomic E-state index is 12.6. The van der Waals surface area contributed by atoms with Crippen LogP contribution in [0.25, 0.3) is 11.0 Å². The van der Waals surface area contributed by atoms with E-state index in [1.165, 1.54) is 24.9 Å². The van der Waals surface area contributed by atoms with Crippen LogP contribution in [-0.2, 0) is 11.3 Å². The van der Waals surface area contributed by atoms with Crippen molar-refractivity contribution in [2.24, 2.45) is 0 Å². The first-order chi connectivity index (χ1) is 13.0. The first-order valence-electron chi connectivity index (χ1n) is 7.97. The third-order valence-electron chi connectivity index (χ3n) is 4.13. The van der Waals surface area contributed by atoms with Crippen molar-refractivity contribution in [3.05, 3.63) is 63.0 Å². The maximum Gasteiger partial charge on any atom is 0.341 e. The second-order valence-electron chi connectivity index (χ2n) is 5.67. The zero-order valence-corrected chi connectivity index (χ0v) is 15.7. The van der Waals surface area contributed by atoms with Crippen LogP contribution in [0, 0.1) is 0 Å². The van der Waals surface area contributed by atoms with Crippen molar-refractivity contribution < 1.29 is 19.0 Å². The van der Waals surface area contributed by atoms with E-state index < -0.39 is 11.5 Å². The van der Waals surface area contributed by atoms with Crippen molar-refractivity contribution in [2.45, 2.75) is 6.54 Å². The van der Waals surface area contributed by atoms with Crippen LogP contribution < -0.4 is 15.0 Å². The summed E-state index contributed by atoms with van der Waals surface area (Å²) >= 11 is 6.03. The molecule has 0 bridgehead atoms. The first kappa shape index (κ1) is 18.7. The van der Waals surface area contributed by atoms with E-state index in [0.717, 1.165) is 5.56 Å². The van der Waals surface area contributed by atoms with Crippen LogP contribution in [0.2, 0.25) is 5.15 Å². The van der Waals surface area contributed by atoms with E-state index in [2.05, 4.69) is 4.98 Å². The summed E-state index contributed by atoms with van der Waals surface area (Å²) in [6, 6.07) is 10.4. The van der Waals surface area contributed by atoms with Gasteiger partial charge in [-0.15, -0.1) is 0 Å². The average Bonchev–Trinajstić information content (AvgIpc) is 2.70. The zero-order chi connectivity index (χ0) is 19.6. The summed E-state index contributed by atoms with van der Waals surface area (Å²) in [5.74, 6) is 0.425. The van der Waals surface area contributed by atoms with E-state index in [-0.39, 0.29) is 23.0 Å². The fraction of sp³-hybridized carbons (Fsp3) is 0.211. The number of fused-ring (bicyclic) bond motifs is 1. The van der Waals surface area contributed by atoms with Gasteiger partial charge in [0.2, 0.25) is 0 Å². The Balaban J connectivity index is 2.19. The molecule has 27 heavy (non-hydrogen) atoms. The van der Waals surface area contributed by atoms with Gasteiger partial charge in [-0.25, -0.2) is 9.78 Å². The molecule has 0 atom stereocenters. The van der Waals surface area contributed by atoms with Crippen molar-refractivity contribution in [2.75, 3.05) is 21.3 Å². The van der Waals surface area contributed by atoms with Crippen LogP contribution in [-0.4, -0.2) is 36.8 Å². The van der Waals surface area contributed by atoms with Crippen molar-refractivity contribution in [3.8, 4) is 11.5 Å². The normalized spacial score (nSPS) is 10.7. The number of esters is 1. The monoisotopic (exact) mass is 388 g/mol. The quantitative estimate of drug-likeness (QED) is 0.625. The number of halogens is 1. The van der Waals surface area contributed by atoms with Crippen molar-refractivity contribution in [1.82, 2.24) is 9.55 Å². The Morgan fingerprint density at radius 3 is 2.41 bits per heavy atom. The lowest BCUT2D eigenvalue weighted by Gasteiger charge is -2.14. The number of methoxy groups -OCH3 is 3. The smallest absolute Gasteiger partial charge is 0.341 e. The second-order valence-corrected chi connectivity index (χ2v) is 6.03. The molecule has 3 aromatic rings. The number of aromatic nitrogens is 2. The number of hydrogen-bond donors (Lipinski definition) is 0. The molecule has 0 radical (unpaired) electrons. The molecule has 140 valence electrons. The lowest BCUT2D eigenvalue weighted by atomic mass is 10.1. The molecule has 0 N–H and O–H groups in total. The Morgan fingerprint density at radius 2 is 1.81 bits per heavy atom. The molecule has 0 aliphatic carbocycles.